The number of pyridine rings is 1. The van der Waals surface area contributed by atoms with E-state index in [1.54, 1.807) is 12.3 Å². The predicted octanol–water partition coefficient (Wildman–Crippen LogP) is 3.83. The maximum atomic E-state index is 13.7. The topological polar surface area (TPSA) is 42.4 Å². The molecular formula is C18H18ClFN2O2. The number of aromatic nitrogens is 1. The van der Waals surface area contributed by atoms with Crippen LogP contribution in [0.15, 0.2) is 42.6 Å². The molecule has 2 aromatic rings. The van der Waals surface area contributed by atoms with Crippen LogP contribution in [0.2, 0.25) is 5.02 Å². The Balaban J connectivity index is 1.61. The molecule has 0 unspecified atom stereocenters. The van der Waals surface area contributed by atoms with Crippen LogP contribution in [-0.2, 0) is 16.1 Å². The molecule has 0 radical (unpaired) electrons. The molecule has 1 aromatic heterocycles. The molecule has 1 aliphatic heterocycles. The Morgan fingerprint density at radius 3 is 2.96 bits per heavy atom. The number of esters is 1. The molecule has 0 bridgehead atoms. The smallest absolute Gasteiger partial charge is 0.311 e. The first-order chi connectivity index (χ1) is 11.6. The summed E-state index contributed by atoms with van der Waals surface area (Å²) in [5.41, 5.74) is 0.213. The van der Waals surface area contributed by atoms with E-state index < -0.39 is 5.82 Å². The molecule has 1 aliphatic rings. The molecule has 0 saturated carbocycles. The van der Waals surface area contributed by atoms with Crippen LogP contribution in [-0.4, -0.2) is 24.0 Å². The van der Waals surface area contributed by atoms with Crippen LogP contribution in [0.5, 0.6) is 0 Å². The highest BCUT2D eigenvalue weighted by molar-refractivity contribution is 6.31. The van der Waals surface area contributed by atoms with Crippen LogP contribution in [0.1, 0.15) is 18.4 Å². The summed E-state index contributed by atoms with van der Waals surface area (Å²) in [6, 6.07) is 10.1. The zero-order valence-electron chi connectivity index (χ0n) is 13.1. The highest BCUT2D eigenvalue weighted by Gasteiger charge is 2.28. The second-order valence-electron chi connectivity index (χ2n) is 5.78. The monoisotopic (exact) mass is 348 g/mol. The highest BCUT2D eigenvalue weighted by Crippen LogP contribution is 2.24. The van der Waals surface area contributed by atoms with Gasteiger partial charge in [-0.3, -0.25) is 4.79 Å². The first-order valence-electron chi connectivity index (χ1n) is 7.90. The van der Waals surface area contributed by atoms with Gasteiger partial charge in [0, 0.05) is 24.8 Å². The van der Waals surface area contributed by atoms with Gasteiger partial charge in [-0.1, -0.05) is 23.7 Å². The van der Waals surface area contributed by atoms with Gasteiger partial charge in [0.2, 0.25) is 0 Å². The Hall–Kier alpha value is -2.14. The van der Waals surface area contributed by atoms with Crippen molar-refractivity contribution in [3.8, 4) is 0 Å². The molecular weight excluding hydrogens is 331 g/mol. The van der Waals surface area contributed by atoms with Gasteiger partial charge in [-0.15, -0.1) is 0 Å². The number of anilines is 1. The van der Waals surface area contributed by atoms with Crippen molar-refractivity contribution in [3.05, 3.63) is 59.0 Å². The predicted molar refractivity (Wildman–Crippen MR) is 90.4 cm³/mol. The van der Waals surface area contributed by atoms with Crippen molar-refractivity contribution < 1.29 is 13.9 Å². The molecule has 3 rings (SSSR count). The number of benzene rings is 1. The first-order valence-corrected chi connectivity index (χ1v) is 8.28. The largest absolute Gasteiger partial charge is 0.460 e. The van der Waals surface area contributed by atoms with Gasteiger partial charge in [0.25, 0.3) is 0 Å². The lowest BCUT2D eigenvalue weighted by molar-refractivity contribution is -0.150. The molecule has 1 atom stereocenters. The Kier molecular flexibility index (Phi) is 5.30. The molecule has 6 heteroatoms. The van der Waals surface area contributed by atoms with Crippen molar-refractivity contribution in [2.24, 2.45) is 5.92 Å². The summed E-state index contributed by atoms with van der Waals surface area (Å²) in [6.07, 6.45) is 3.38. The van der Waals surface area contributed by atoms with E-state index in [0.29, 0.717) is 6.54 Å². The Morgan fingerprint density at radius 1 is 1.33 bits per heavy atom. The summed E-state index contributed by atoms with van der Waals surface area (Å²) >= 11 is 5.95. The third kappa shape index (κ3) is 3.85. The van der Waals surface area contributed by atoms with E-state index in [1.165, 1.54) is 12.1 Å². The summed E-state index contributed by atoms with van der Waals surface area (Å²) in [5.74, 6) is -0.178. The van der Waals surface area contributed by atoms with E-state index in [-0.39, 0.29) is 29.1 Å². The molecule has 0 spiro atoms. The standard InChI is InChI=1S/C18H18ClFN2O2/c19-15-6-3-7-16(20)14(15)12-24-18(23)13-5-4-10-22(11-13)17-8-1-2-9-21-17/h1-3,6-9,13H,4-5,10-12H2/t13-/m1/s1. The molecule has 1 saturated heterocycles. The van der Waals surface area contributed by atoms with E-state index in [4.69, 9.17) is 16.3 Å². The van der Waals surface area contributed by atoms with E-state index in [0.717, 1.165) is 25.2 Å². The Labute approximate surface area is 145 Å². The number of hydrogen-bond acceptors (Lipinski definition) is 4. The molecule has 126 valence electrons. The molecule has 0 amide bonds. The third-order valence-corrected chi connectivity index (χ3v) is 4.50. The lowest BCUT2D eigenvalue weighted by Gasteiger charge is -2.32. The van der Waals surface area contributed by atoms with Crippen molar-refractivity contribution in [1.29, 1.82) is 0 Å². The molecule has 0 aliphatic carbocycles. The van der Waals surface area contributed by atoms with Crippen LogP contribution in [0.3, 0.4) is 0 Å². The summed E-state index contributed by atoms with van der Waals surface area (Å²) in [5, 5.41) is 0.265. The molecule has 1 fully saturated rings. The molecule has 24 heavy (non-hydrogen) atoms. The minimum absolute atomic E-state index is 0.148. The summed E-state index contributed by atoms with van der Waals surface area (Å²) < 4.78 is 19.0. The number of carbonyl (C=O) groups is 1. The van der Waals surface area contributed by atoms with Gasteiger partial charge < -0.3 is 9.64 Å². The van der Waals surface area contributed by atoms with Gasteiger partial charge in [0.05, 0.1) is 10.9 Å². The molecule has 2 heterocycles. The average molecular weight is 349 g/mol. The van der Waals surface area contributed by atoms with E-state index in [9.17, 15) is 9.18 Å². The lowest BCUT2D eigenvalue weighted by Crippen LogP contribution is -2.39. The number of carbonyl (C=O) groups excluding carboxylic acids is 1. The van der Waals surface area contributed by atoms with Crippen LogP contribution in [0.25, 0.3) is 0 Å². The summed E-state index contributed by atoms with van der Waals surface area (Å²) in [6.45, 7) is 1.27. The minimum Gasteiger partial charge on any atom is -0.460 e. The zero-order chi connectivity index (χ0) is 16.9. The average Bonchev–Trinajstić information content (AvgIpc) is 2.62. The van der Waals surface area contributed by atoms with Crippen molar-refractivity contribution in [2.75, 3.05) is 18.0 Å². The van der Waals surface area contributed by atoms with Gasteiger partial charge in [-0.2, -0.15) is 0 Å². The number of halogens is 2. The number of piperidine rings is 1. The quantitative estimate of drug-likeness (QED) is 0.787. The Morgan fingerprint density at radius 2 is 2.21 bits per heavy atom. The SMILES string of the molecule is O=C(OCc1c(F)cccc1Cl)[C@@H]1CCCN(c2ccccn2)C1. The fourth-order valence-electron chi connectivity index (χ4n) is 2.85. The fourth-order valence-corrected chi connectivity index (χ4v) is 3.07. The first kappa shape index (κ1) is 16.7. The number of ether oxygens (including phenoxy) is 1. The van der Waals surface area contributed by atoms with Gasteiger partial charge in [-0.25, -0.2) is 9.37 Å². The van der Waals surface area contributed by atoms with Crippen LogP contribution >= 0.6 is 11.6 Å². The zero-order valence-corrected chi connectivity index (χ0v) is 13.9. The Bertz CT molecular complexity index is 691. The summed E-state index contributed by atoms with van der Waals surface area (Å²) in [4.78, 5) is 18.7. The van der Waals surface area contributed by atoms with Crippen molar-refractivity contribution in [3.63, 3.8) is 0 Å². The van der Waals surface area contributed by atoms with Crippen LogP contribution in [0, 0.1) is 11.7 Å². The summed E-state index contributed by atoms with van der Waals surface area (Å²) in [7, 11) is 0. The van der Waals surface area contributed by atoms with Crippen molar-refractivity contribution >= 4 is 23.4 Å². The molecule has 4 nitrogen and oxygen atoms in total. The normalized spacial score (nSPS) is 17.6. The second-order valence-corrected chi connectivity index (χ2v) is 6.19. The van der Waals surface area contributed by atoms with Gasteiger partial charge in [0.1, 0.15) is 18.2 Å². The number of hydrogen-bond donors (Lipinski definition) is 0. The lowest BCUT2D eigenvalue weighted by atomic mass is 9.98. The van der Waals surface area contributed by atoms with E-state index >= 15 is 0 Å². The van der Waals surface area contributed by atoms with Gasteiger partial charge >= 0.3 is 5.97 Å². The van der Waals surface area contributed by atoms with Crippen LogP contribution in [0.4, 0.5) is 10.2 Å². The van der Waals surface area contributed by atoms with Crippen molar-refractivity contribution in [2.45, 2.75) is 19.4 Å². The molecule has 0 N–H and O–H groups in total. The maximum Gasteiger partial charge on any atom is 0.311 e. The van der Waals surface area contributed by atoms with E-state index in [2.05, 4.69) is 9.88 Å². The number of rotatable bonds is 4. The molecule has 1 aromatic carbocycles. The maximum absolute atomic E-state index is 13.7. The minimum atomic E-state index is -0.464. The van der Waals surface area contributed by atoms with Gasteiger partial charge in [-0.05, 0) is 37.1 Å². The number of nitrogens with zero attached hydrogens (tertiary/aromatic N) is 2. The van der Waals surface area contributed by atoms with E-state index in [1.807, 2.05) is 18.2 Å². The second kappa shape index (κ2) is 7.62. The van der Waals surface area contributed by atoms with Crippen LogP contribution < -0.4 is 4.90 Å². The van der Waals surface area contributed by atoms with Crippen molar-refractivity contribution in [1.82, 2.24) is 4.98 Å². The fraction of sp³-hybridized carbons (Fsp3) is 0.333. The third-order valence-electron chi connectivity index (χ3n) is 4.15. The van der Waals surface area contributed by atoms with Gasteiger partial charge in [0.15, 0.2) is 0 Å². The highest BCUT2D eigenvalue weighted by atomic mass is 35.5.